The predicted octanol–water partition coefficient (Wildman–Crippen LogP) is 4.40. The van der Waals surface area contributed by atoms with E-state index in [-0.39, 0.29) is 6.04 Å². The van der Waals surface area contributed by atoms with Gasteiger partial charge in [0, 0.05) is 5.56 Å². The Bertz CT molecular complexity index is 592. The molecule has 0 heterocycles. The van der Waals surface area contributed by atoms with E-state index in [0.717, 1.165) is 12.3 Å². The number of ether oxygens (including phenoxy) is 1. The van der Waals surface area contributed by atoms with E-state index in [9.17, 15) is 0 Å². The Labute approximate surface area is 128 Å². The predicted molar refractivity (Wildman–Crippen MR) is 89.0 cm³/mol. The molecule has 2 nitrogen and oxygen atoms in total. The molecule has 0 saturated heterocycles. The molecule has 2 aromatic carbocycles. The normalized spacial score (nSPS) is 12.2. The lowest BCUT2D eigenvalue weighted by atomic mass is 9.93. The van der Waals surface area contributed by atoms with Gasteiger partial charge in [-0.05, 0) is 44.5 Å². The average molecular weight is 283 g/mol. The Morgan fingerprint density at radius 3 is 2.43 bits per heavy atom. The van der Waals surface area contributed by atoms with Gasteiger partial charge in [0.15, 0.2) is 0 Å². The summed E-state index contributed by atoms with van der Waals surface area (Å²) in [4.78, 5) is 0. The standard InChI is InChI=1S/C19H25NO/c1-5-20-19(16-10-8-7-9-15(16)4)17-13-14(3)11-12-18(17)21-6-2/h7-13,19-20H,5-6H2,1-4H3. The van der Waals surface area contributed by atoms with Crippen LogP contribution in [0.15, 0.2) is 42.5 Å². The van der Waals surface area contributed by atoms with Crippen molar-refractivity contribution >= 4 is 0 Å². The van der Waals surface area contributed by atoms with Gasteiger partial charge >= 0.3 is 0 Å². The summed E-state index contributed by atoms with van der Waals surface area (Å²) in [5.41, 5.74) is 5.08. The van der Waals surface area contributed by atoms with Crippen LogP contribution in [0.2, 0.25) is 0 Å². The van der Waals surface area contributed by atoms with Crippen molar-refractivity contribution in [3.63, 3.8) is 0 Å². The van der Waals surface area contributed by atoms with Gasteiger partial charge in [0.05, 0.1) is 12.6 Å². The number of aryl methyl sites for hydroxylation is 2. The molecule has 0 aliphatic rings. The van der Waals surface area contributed by atoms with Crippen molar-refractivity contribution < 1.29 is 4.74 Å². The summed E-state index contributed by atoms with van der Waals surface area (Å²) in [6.45, 7) is 10.1. The van der Waals surface area contributed by atoms with Crippen molar-refractivity contribution in [3.8, 4) is 5.75 Å². The highest BCUT2D eigenvalue weighted by Gasteiger charge is 2.19. The molecule has 0 aliphatic heterocycles. The van der Waals surface area contributed by atoms with Gasteiger partial charge in [-0.15, -0.1) is 0 Å². The molecular formula is C19H25NO. The van der Waals surface area contributed by atoms with Crippen LogP contribution in [0.4, 0.5) is 0 Å². The lowest BCUT2D eigenvalue weighted by molar-refractivity contribution is 0.333. The summed E-state index contributed by atoms with van der Waals surface area (Å²) in [6, 6.07) is 15.1. The molecule has 0 aromatic heterocycles. The monoisotopic (exact) mass is 283 g/mol. The highest BCUT2D eigenvalue weighted by molar-refractivity contribution is 5.45. The van der Waals surface area contributed by atoms with Crippen molar-refractivity contribution in [2.45, 2.75) is 33.7 Å². The first-order valence-corrected chi connectivity index (χ1v) is 7.69. The van der Waals surface area contributed by atoms with E-state index in [1.807, 2.05) is 6.92 Å². The Morgan fingerprint density at radius 2 is 1.76 bits per heavy atom. The molecular weight excluding hydrogens is 258 g/mol. The zero-order valence-corrected chi connectivity index (χ0v) is 13.4. The van der Waals surface area contributed by atoms with E-state index in [0.29, 0.717) is 6.61 Å². The maximum Gasteiger partial charge on any atom is 0.124 e. The highest BCUT2D eigenvalue weighted by Crippen LogP contribution is 2.32. The van der Waals surface area contributed by atoms with Crippen molar-refractivity contribution in [3.05, 3.63) is 64.7 Å². The second-order valence-corrected chi connectivity index (χ2v) is 5.32. The zero-order chi connectivity index (χ0) is 15.2. The topological polar surface area (TPSA) is 21.3 Å². The first-order chi connectivity index (χ1) is 10.2. The molecule has 112 valence electrons. The molecule has 0 aliphatic carbocycles. The van der Waals surface area contributed by atoms with Gasteiger partial charge < -0.3 is 10.1 Å². The fourth-order valence-corrected chi connectivity index (χ4v) is 2.68. The summed E-state index contributed by atoms with van der Waals surface area (Å²) in [7, 11) is 0. The van der Waals surface area contributed by atoms with Crippen LogP contribution < -0.4 is 10.1 Å². The van der Waals surface area contributed by atoms with Crippen LogP contribution in [-0.4, -0.2) is 13.2 Å². The summed E-state index contributed by atoms with van der Waals surface area (Å²) in [5.74, 6) is 0.970. The minimum atomic E-state index is 0.164. The summed E-state index contributed by atoms with van der Waals surface area (Å²) < 4.78 is 5.84. The number of hydrogen-bond donors (Lipinski definition) is 1. The van der Waals surface area contributed by atoms with E-state index in [4.69, 9.17) is 4.74 Å². The Kier molecular flexibility index (Phi) is 5.40. The second-order valence-electron chi connectivity index (χ2n) is 5.32. The molecule has 0 radical (unpaired) electrons. The van der Waals surface area contributed by atoms with E-state index >= 15 is 0 Å². The van der Waals surface area contributed by atoms with Crippen molar-refractivity contribution in [1.82, 2.24) is 5.32 Å². The van der Waals surface area contributed by atoms with Crippen LogP contribution in [0.5, 0.6) is 5.75 Å². The molecule has 1 atom stereocenters. The molecule has 0 amide bonds. The lowest BCUT2D eigenvalue weighted by Crippen LogP contribution is -2.23. The fourth-order valence-electron chi connectivity index (χ4n) is 2.68. The third-order valence-electron chi connectivity index (χ3n) is 3.68. The van der Waals surface area contributed by atoms with Crippen LogP contribution in [-0.2, 0) is 0 Å². The van der Waals surface area contributed by atoms with Gasteiger partial charge in [0.2, 0.25) is 0 Å². The van der Waals surface area contributed by atoms with Gasteiger partial charge in [0.1, 0.15) is 5.75 Å². The van der Waals surface area contributed by atoms with E-state index < -0.39 is 0 Å². The average Bonchev–Trinajstić information content (AvgIpc) is 2.48. The zero-order valence-electron chi connectivity index (χ0n) is 13.4. The maximum atomic E-state index is 5.84. The molecule has 0 fully saturated rings. The summed E-state index contributed by atoms with van der Waals surface area (Å²) in [6.07, 6.45) is 0. The van der Waals surface area contributed by atoms with Crippen LogP contribution in [0.25, 0.3) is 0 Å². The number of rotatable bonds is 6. The van der Waals surface area contributed by atoms with Gasteiger partial charge in [-0.3, -0.25) is 0 Å². The molecule has 2 aromatic rings. The third-order valence-corrected chi connectivity index (χ3v) is 3.68. The molecule has 0 spiro atoms. The SMILES string of the molecule is CCNC(c1ccccc1C)c1cc(C)ccc1OCC. The third kappa shape index (κ3) is 3.64. The van der Waals surface area contributed by atoms with Crippen LogP contribution in [0.1, 0.15) is 42.1 Å². The minimum absolute atomic E-state index is 0.164. The molecule has 2 heteroatoms. The Hall–Kier alpha value is -1.80. The Morgan fingerprint density at radius 1 is 1.00 bits per heavy atom. The molecule has 21 heavy (non-hydrogen) atoms. The van der Waals surface area contributed by atoms with Crippen molar-refractivity contribution in [2.75, 3.05) is 13.2 Å². The quantitative estimate of drug-likeness (QED) is 0.848. The van der Waals surface area contributed by atoms with Crippen molar-refractivity contribution in [2.24, 2.45) is 0 Å². The molecule has 2 rings (SSSR count). The van der Waals surface area contributed by atoms with Gasteiger partial charge in [0.25, 0.3) is 0 Å². The molecule has 0 saturated carbocycles. The van der Waals surface area contributed by atoms with E-state index in [2.05, 4.69) is 68.6 Å². The number of hydrogen-bond acceptors (Lipinski definition) is 2. The van der Waals surface area contributed by atoms with E-state index in [1.165, 1.54) is 22.3 Å². The smallest absolute Gasteiger partial charge is 0.124 e. The lowest BCUT2D eigenvalue weighted by Gasteiger charge is -2.23. The second kappa shape index (κ2) is 7.28. The fraction of sp³-hybridized carbons (Fsp3) is 0.368. The first kappa shape index (κ1) is 15.6. The van der Waals surface area contributed by atoms with Gasteiger partial charge in [-0.1, -0.05) is 48.9 Å². The largest absolute Gasteiger partial charge is 0.494 e. The Balaban J connectivity index is 2.52. The van der Waals surface area contributed by atoms with Gasteiger partial charge in [-0.2, -0.15) is 0 Å². The van der Waals surface area contributed by atoms with Crippen LogP contribution in [0, 0.1) is 13.8 Å². The summed E-state index contributed by atoms with van der Waals surface area (Å²) in [5, 5.41) is 3.60. The first-order valence-electron chi connectivity index (χ1n) is 7.69. The minimum Gasteiger partial charge on any atom is -0.494 e. The summed E-state index contributed by atoms with van der Waals surface area (Å²) >= 11 is 0. The van der Waals surface area contributed by atoms with Crippen molar-refractivity contribution in [1.29, 1.82) is 0 Å². The highest BCUT2D eigenvalue weighted by atomic mass is 16.5. The molecule has 0 bridgehead atoms. The van der Waals surface area contributed by atoms with Gasteiger partial charge in [-0.25, -0.2) is 0 Å². The van der Waals surface area contributed by atoms with Crippen LogP contribution >= 0.6 is 0 Å². The number of benzene rings is 2. The van der Waals surface area contributed by atoms with E-state index in [1.54, 1.807) is 0 Å². The molecule has 1 unspecified atom stereocenters. The maximum absolute atomic E-state index is 5.84. The van der Waals surface area contributed by atoms with Crippen LogP contribution in [0.3, 0.4) is 0 Å². The number of nitrogens with one attached hydrogen (secondary N) is 1. The molecule has 1 N–H and O–H groups in total.